The highest BCUT2D eigenvalue weighted by Gasteiger charge is 2.14. The molecule has 0 saturated heterocycles. The standard InChI is InChI=1S/C22H20FN3O2S/c23-18-9-7-15(8-10-18)22-24-19(13-29-22)12-20(27)25-26-21(28)17-6-5-14-3-1-2-4-16(14)11-17/h5-11,13H,1-4,12H2,(H,25,27)(H,26,28). The molecule has 0 fully saturated rings. The fourth-order valence-corrected chi connectivity index (χ4v) is 4.22. The van der Waals surface area contributed by atoms with E-state index in [0.717, 1.165) is 24.8 Å². The predicted molar refractivity (Wildman–Crippen MR) is 110 cm³/mol. The van der Waals surface area contributed by atoms with Crippen molar-refractivity contribution < 1.29 is 14.0 Å². The minimum absolute atomic E-state index is 0.0438. The van der Waals surface area contributed by atoms with Gasteiger partial charge in [0.1, 0.15) is 10.8 Å². The molecule has 0 radical (unpaired) electrons. The summed E-state index contributed by atoms with van der Waals surface area (Å²) < 4.78 is 13.0. The number of benzene rings is 2. The summed E-state index contributed by atoms with van der Waals surface area (Å²) in [6.45, 7) is 0. The number of aromatic nitrogens is 1. The smallest absolute Gasteiger partial charge is 0.269 e. The van der Waals surface area contributed by atoms with Crippen LogP contribution >= 0.6 is 11.3 Å². The first-order valence-corrected chi connectivity index (χ1v) is 10.4. The average Bonchev–Trinajstić information content (AvgIpc) is 3.20. The minimum atomic E-state index is -0.354. The fraction of sp³-hybridized carbons (Fsp3) is 0.227. The van der Waals surface area contributed by atoms with Gasteiger partial charge in [-0.15, -0.1) is 11.3 Å². The maximum atomic E-state index is 13.0. The Kier molecular flexibility index (Phi) is 5.67. The Morgan fingerprint density at radius 1 is 1.00 bits per heavy atom. The molecule has 0 saturated carbocycles. The largest absolute Gasteiger partial charge is 0.273 e. The minimum Gasteiger partial charge on any atom is -0.273 e. The Labute approximate surface area is 172 Å². The zero-order chi connectivity index (χ0) is 20.2. The van der Waals surface area contributed by atoms with E-state index in [4.69, 9.17) is 0 Å². The van der Waals surface area contributed by atoms with Crippen molar-refractivity contribution in [3.8, 4) is 10.6 Å². The van der Waals surface area contributed by atoms with Gasteiger partial charge in [0.05, 0.1) is 12.1 Å². The van der Waals surface area contributed by atoms with Crippen LogP contribution in [-0.2, 0) is 24.1 Å². The second-order valence-electron chi connectivity index (χ2n) is 7.02. The summed E-state index contributed by atoms with van der Waals surface area (Å²) in [5, 5.41) is 2.50. The molecule has 0 bridgehead atoms. The van der Waals surface area contributed by atoms with E-state index < -0.39 is 0 Å². The highest BCUT2D eigenvalue weighted by molar-refractivity contribution is 7.13. The lowest BCUT2D eigenvalue weighted by Gasteiger charge is -2.16. The molecular formula is C22H20FN3O2S. The molecule has 148 valence electrons. The van der Waals surface area contributed by atoms with E-state index in [0.29, 0.717) is 16.3 Å². The van der Waals surface area contributed by atoms with E-state index in [2.05, 4.69) is 15.8 Å². The van der Waals surface area contributed by atoms with Crippen LogP contribution in [0.1, 0.15) is 40.0 Å². The number of fused-ring (bicyclic) bond motifs is 1. The summed E-state index contributed by atoms with van der Waals surface area (Å²) in [7, 11) is 0. The summed E-state index contributed by atoms with van der Waals surface area (Å²) in [5.74, 6) is -0.996. The van der Waals surface area contributed by atoms with Gasteiger partial charge in [-0.1, -0.05) is 6.07 Å². The summed E-state index contributed by atoms with van der Waals surface area (Å²) in [4.78, 5) is 28.9. The zero-order valence-electron chi connectivity index (χ0n) is 15.7. The van der Waals surface area contributed by atoms with Gasteiger partial charge in [-0.2, -0.15) is 0 Å². The van der Waals surface area contributed by atoms with Gasteiger partial charge in [0.15, 0.2) is 0 Å². The van der Waals surface area contributed by atoms with E-state index in [9.17, 15) is 14.0 Å². The number of carbonyl (C=O) groups excluding carboxylic acids is 2. The van der Waals surface area contributed by atoms with Crippen molar-refractivity contribution in [3.05, 3.63) is 76.0 Å². The Morgan fingerprint density at radius 2 is 1.76 bits per heavy atom. The number of amides is 2. The number of hydrazine groups is 1. The van der Waals surface area contributed by atoms with Gasteiger partial charge in [-0.25, -0.2) is 9.37 Å². The number of aryl methyl sites for hydroxylation is 2. The average molecular weight is 409 g/mol. The second kappa shape index (κ2) is 8.53. The van der Waals surface area contributed by atoms with Crippen molar-refractivity contribution in [1.82, 2.24) is 15.8 Å². The van der Waals surface area contributed by atoms with E-state index in [1.807, 2.05) is 12.1 Å². The molecule has 4 rings (SSSR count). The van der Waals surface area contributed by atoms with E-state index >= 15 is 0 Å². The summed E-state index contributed by atoms with van der Waals surface area (Å²) in [6.07, 6.45) is 4.42. The Hall–Kier alpha value is -3.06. The Bertz CT molecular complexity index is 1050. The monoisotopic (exact) mass is 409 g/mol. The summed E-state index contributed by atoms with van der Waals surface area (Å²) in [5.41, 5.74) is 9.35. The van der Waals surface area contributed by atoms with Crippen LogP contribution in [0.2, 0.25) is 0 Å². The first kappa shape index (κ1) is 19.3. The molecule has 29 heavy (non-hydrogen) atoms. The third kappa shape index (κ3) is 4.68. The predicted octanol–water partition coefficient (Wildman–Crippen LogP) is 3.83. The van der Waals surface area contributed by atoms with Crippen molar-refractivity contribution in [1.29, 1.82) is 0 Å². The number of rotatable bonds is 4. The van der Waals surface area contributed by atoms with Gasteiger partial charge in [0, 0.05) is 16.5 Å². The number of nitrogens with zero attached hydrogens (tertiary/aromatic N) is 1. The van der Waals surface area contributed by atoms with Crippen LogP contribution in [-0.4, -0.2) is 16.8 Å². The van der Waals surface area contributed by atoms with Crippen molar-refractivity contribution in [3.63, 3.8) is 0 Å². The fourth-order valence-electron chi connectivity index (χ4n) is 3.40. The van der Waals surface area contributed by atoms with Gasteiger partial charge >= 0.3 is 0 Å². The zero-order valence-corrected chi connectivity index (χ0v) is 16.5. The molecule has 0 atom stereocenters. The molecule has 1 heterocycles. The maximum Gasteiger partial charge on any atom is 0.269 e. The Balaban J connectivity index is 1.32. The highest BCUT2D eigenvalue weighted by Crippen LogP contribution is 2.24. The lowest BCUT2D eigenvalue weighted by Crippen LogP contribution is -2.42. The van der Waals surface area contributed by atoms with Gasteiger partial charge in [0.25, 0.3) is 5.91 Å². The molecule has 0 aliphatic heterocycles. The lowest BCUT2D eigenvalue weighted by molar-refractivity contribution is -0.121. The molecule has 1 aromatic heterocycles. The number of carbonyl (C=O) groups is 2. The molecule has 3 aromatic rings. The Morgan fingerprint density at radius 3 is 2.55 bits per heavy atom. The molecule has 1 aliphatic carbocycles. The van der Waals surface area contributed by atoms with Crippen LogP contribution in [0.5, 0.6) is 0 Å². The quantitative estimate of drug-likeness (QED) is 0.644. The van der Waals surface area contributed by atoms with Crippen molar-refractivity contribution >= 4 is 23.2 Å². The SMILES string of the molecule is O=C(Cc1csc(-c2ccc(F)cc2)n1)NNC(=O)c1ccc2c(c1)CCCC2. The first-order chi connectivity index (χ1) is 14.1. The third-order valence-electron chi connectivity index (χ3n) is 4.91. The molecule has 5 nitrogen and oxygen atoms in total. The van der Waals surface area contributed by atoms with Gasteiger partial charge in [-0.05, 0) is 73.2 Å². The van der Waals surface area contributed by atoms with Crippen LogP contribution in [0.4, 0.5) is 4.39 Å². The van der Waals surface area contributed by atoms with Crippen LogP contribution in [0.15, 0.2) is 47.8 Å². The number of thiazole rings is 1. The van der Waals surface area contributed by atoms with Crippen LogP contribution < -0.4 is 10.9 Å². The molecule has 7 heteroatoms. The maximum absolute atomic E-state index is 13.0. The first-order valence-electron chi connectivity index (χ1n) is 9.50. The lowest BCUT2D eigenvalue weighted by atomic mass is 9.90. The number of hydrogen-bond acceptors (Lipinski definition) is 4. The molecule has 1 aliphatic rings. The number of nitrogens with one attached hydrogen (secondary N) is 2. The van der Waals surface area contributed by atoms with E-state index in [1.165, 1.54) is 41.0 Å². The molecule has 2 N–H and O–H groups in total. The van der Waals surface area contributed by atoms with E-state index in [-0.39, 0.29) is 24.1 Å². The van der Waals surface area contributed by atoms with Gasteiger partial charge in [-0.3, -0.25) is 20.4 Å². The number of hydrogen-bond donors (Lipinski definition) is 2. The summed E-state index contributed by atoms with van der Waals surface area (Å²) in [6, 6.07) is 11.7. The van der Waals surface area contributed by atoms with Crippen LogP contribution in [0.3, 0.4) is 0 Å². The normalized spacial score (nSPS) is 12.9. The molecule has 2 aromatic carbocycles. The number of halogens is 1. The van der Waals surface area contributed by atoms with Crippen molar-refractivity contribution in [2.24, 2.45) is 0 Å². The van der Waals surface area contributed by atoms with Crippen molar-refractivity contribution in [2.75, 3.05) is 0 Å². The second-order valence-corrected chi connectivity index (χ2v) is 7.88. The van der Waals surface area contributed by atoms with Crippen LogP contribution in [0.25, 0.3) is 10.6 Å². The molecule has 0 unspecified atom stereocenters. The topological polar surface area (TPSA) is 71.1 Å². The van der Waals surface area contributed by atoms with Crippen LogP contribution in [0, 0.1) is 5.82 Å². The molecule has 0 spiro atoms. The highest BCUT2D eigenvalue weighted by atomic mass is 32.1. The molecular weight excluding hydrogens is 389 g/mol. The van der Waals surface area contributed by atoms with Crippen molar-refractivity contribution in [2.45, 2.75) is 32.1 Å². The van der Waals surface area contributed by atoms with E-state index in [1.54, 1.807) is 23.6 Å². The van der Waals surface area contributed by atoms with Gasteiger partial charge < -0.3 is 0 Å². The molecule has 2 amide bonds. The summed E-state index contributed by atoms with van der Waals surface area (Å²) >= 11 is 1.38. The van der Waals surface area contributed by atoms with Gasteiger partial charge in [0.2, 0.25) is 5.91 Å². The third-order valence-corrected chi connectivity index (χ3v) is 5.85.